The fourth-order valence-electron chi connectivity index (χ4n) is 0.750. The Morgan fingerprint density at radius 2 is 1.08 bits per heavy atom. The van der Waals surface area contributed by atoms with Crippen LogP contribution in [0.1, 0.15) is 19.3 Å². The maximum Gasteiger partial charge on any atom is 0.324 e. The Labute approximate surface area is 72.8 Å². The lowest BCUT2D eigenvalue weighted by Gasteiger charge is -1.96. The van der Waals surface area contributed by atoms with Crippen molar-refractivity contribution < 1.29 is 28.7 Å². The van der Waals surface area contributed by atoms with Gasteiger partial charge in [-0.1, -0.05) is 0 Å². The monoisotopic (exact) mass is 186 g/mol. The SMILES string of the molecule is O=C1CCC(=O)OC(=O)CC(=O)O1. The summed E-state index contributed by atoms with van der Waals surface area (Å²) in [6.45, 7) is 0. The van der Waals surface area contributed by atoms with Crippen molar-refractivity contribution >= 4 is 23.9 Å². The largest absolute Gasteiger partial charge is 0.393 e. The normalized spacial score (nSPS) is 19.7. The molecule has 1 saturated heterocycles. The minimum atomic E-state index is -0.996. The van der Waals surface area contributed by atoms with Gasteiger partial charge in [0, 0.05) is 0 Å². The molecule has 0 saturated carbocycles. The molecule has 0 N–H and O–H groups in total. The lowest BCUT2D eigenvalue weighted by atomic mass is 10.3. The zero-order valence-corrected chi connectivity index (χ0v) is 6.57. The van der Waals surface area contributed by atoms with Crippen LogP contribution in [0.25, 0.3) is 0 Å². The molecule has 0 amide bonds. The molecule has 1 rings (SSSR count). The van der Waals surface area contributed by atoms with Crippen LogP contribution < -0.4 is 0 Å². The maximum atomic E-state index is 10.7. The zero-order valence-electron chi connectivity index (χ0n) is 6.57. The summed E-state index contributed by atoms with van der Waals surface area (Å²) in [5.74, 6) is -3.64. The minimum Gasteiger partial charge on any atom is -0.393 e. The zero-order chi connectivity index (χ0) is 9.84. The molecule has 0 bridgehead atoms. The van der Waals surface area contributed by atoms with Crippen LogP contribution in [-0.4, -0.2) is 23.9 Å². The van der Waals surface area contributed by atoms with E-state index in [2.05, 4.69) is 9.47 Å². The lowest BCUT2D eigenvalue weighted by molar-refractivity contribution is -0.162. The number of cyclic esters (lactones) is 4. The lowest BCUT2D eigenvalue weighted by Crippen LogP contribution is -2.15. The summed E-state index contributed by atoms with van der Waals surface area (Å²) < 4.78 is 8.32. The Kier molecular flexibility index (Phi) is 2.73. The predicted molar refractivity (Wildman–Crippen MR) is 36.0 cm³/mol. The quantitative estimate of drug-likeness (QED) is 0.367. The fraction of sp³-hybridized carbons (Fsp3) is 0.429. The van der Waals surface area contributed by atoms with Crippen molar-refractivity contribution in [2.75, 3.05) is 0 Å². The van der Waals surface area contributed by atoms with E-state index in [0.717, 1.165) is 0 Å². The van der Waals surface area contributed by atoms with E-state index in [1.165, 1.54) is 0 Å². The molecular weight excluding hydrogens is 180 g/mol. The van der Waals surface area contributed by atoms with Crippen molar-refractivity contribution in [1.29, 1.82) is 0 Å². The molecule has 0 aromatic heterocycles. The molecular formula is C7H6O6. The topological polar surface area (TPSA) is 86.7 Å². The van der Waals surface area contributed by atoms with E-state index in [9.17, 15) is 19.2 Å². The van der Waals surface area contributed by atoms with Gasteiger partial charge in [-0.3, -0.25) is 19.2 Å². The Hall–Kier alpha value is -1.72. The van der Waals surface area contributed by atoms with Crippen molar-refractivity contribution in [2.24, 2.45) is 0 Å². The third-order valence-electron chi connectivity index (χ3n) is 1.28. The van der Waals surface area contributed by atoms with Crippen molar-refractivity contribution in [3.63, 3.8) is 0 Å². The highest BCUT2D eigenvalue weighted by Crippen LogP contribution is 2.03. The van der Waals surface area contributed by atoms with Crippen molar-refractivity contribution in [2.45, 2.75) is 19.3 Å². The van der Waals surface area contributed by atoms with E-state index in [4.69, 9.17) is 0 Å². The first-order valence-electron chi connectivity index (χ1n) is 3.55. The first-order chi connectivity index (χ1) is 6.08. The van der Waals surface area contributed by atoms with E-state index in [1.807, 2.05) is 0 Å². The molecule has 6 nitrogen and oxygen atoms in total. The molecule has 0 atom stereocenters. The van der Waals surface area contributed by atoms with Gasteiger partial charge in [0.15, 0.2) is 0 Å². The van der Waals surface area contributed by atoms with Crippen LogP contribution >= 0.6 is 0 Å². The maximum absolute atomic E-state index is 10.7. The van der Waals surface area contributed by atoms with Crippen LogP contribution in [0.4, 0.5) is 0 Å². The third-order valence-corrected chi connectivity index (χ3v) is 1.28. The number of carbonyl (C=O) groups excluding carboxylic acids is 4. The molecule has 0 radical (unpaired) electrons. The second kappa shape index (κ2) is 3.79. The summed E-state index contributed by atoms with van der Waals surface area (Å²) in [7, 11) is 0. The molecule has 70 valence electrons. The molecule has 0 aromatic rings. The molecule has 0 unspecified atom stereocenters. The van der Waals surface area contributed by atoms with Gasteiger partial charge in [0.25, 0.3) is 0 Å². The van der Waals surface area contributed by atoms with E-state index in [1.54, 1.807) is 0 Å². The van der Waals surface area contributed by atoms with Gasteiger partial charge in [0.05, 0.1) is 12.8 Å². The van der Waals surface area contributed by atoms with Crippen LogP contribution in [0.5, 0.6) is 0 Å². The Morgan fingerprint density at radius 3 is 1.46 bits per heavy atom. The summed E-state index contributed by atoms with van der Waals surface area (Å²) in [6, 6.07) is 0. The number of carbonyl (C=O) groups is 4. The summed E-state index contributed by atoms with van der Waals surface area (Å²) in [6.07, 6.45) is -1.22. The Bertz CT molecular complexity index is 251. The van der Waals surface area contributed by atoms with Crippen LogP contribution in [0.15, 0.2) is 0 Å². The molecule has 13 heavy (non-hydrogen) atoms. The van der Waals surface area contributed by atoms with E-state index < -0.39 is 30.3 Å². The third kappa shape index (κ3) is 3.02. The van der Waals surface area contributed by atoms with Gasteiger partial charge >= 0.3 is 23.9 Å². The van der Waals surface area contributed by atoms with Crippen LogP contribution in [0.2, 0.25) is 0 Å². The van der Waals surface area contributed by atoms with E-state index in [0.29, 0.717) is 0 Å². The van der Waals surface area contributed by atoms with Gasteiger partial charge in [-0.15, -0.1) is 0 Å². The number of hydrogen-bond donors (Lipinski definition) is 0. The average molecular weight is 186 g/mol. The van der Waals surface area contributed by atoms with Gasteiger partial charge in [0.1, 0.15) is 6.42 Å². The van der Waals surface area contributed by atoms with Gasteiger partial charge in [-0.25, -0.2) is 0 Å². The Morgan fingerprint density at radius 1 is 0.692 bits per heavy atom. The molecule has 0 spiro atoms. The van der Waals surface area contributed by atoms with Gasteiger partial charge in [-0.05, 0) is 0 Å². The average Bonchev–Trinajstić information content (AvgIpc) is 2.02. The highest BCUT2D eigenvalue weighted by atomic mass is 16.6. The molecule has 0 aromatic carbocycles. The number of hydrogen-bond acceptors (Lipinski definition) is 6. The van der Waals surface area contributed by atoms with Crippen LogP contribution in [0.3, 0.4) is 0 Å². The molecule has 1 aliphatic rings. The summed E-state index contributed by atoms with van der Waals surface area (Å²) >= 11 is 0. The van der Waals surface area contributed by atoms with Crippen molar-refractivity contribution in [3.05, 3.63) is 0 Å². The molecule has 1 fully saturated rings. The number of rotatable bonds is 0. The standard InChI is InChI=1S/C7H6O6/c8-4-1-2-5(9)13-7(11)3-6(10)12-4/h1-3H2. The van der Waals surface area contributed by atoms with Crippen molar-refractivity contribution in [3.8, 4) is 0 Å². The van der Waals surface area contributed by atoms with E-state index >= 15 is 0 Å². The first-order valence-corrected chi connectivity index (χ1v) is 3.55. The van der Waals surface area contributed by atoms with Crippen LogP contribution in [0, 0.1) is 0 Å². The molecule has 0 aliphatic carbocycles. The highest BCUT2D eigenvalue weighted by molar-refractivity contribution is 6.01. The Balaban J connectivity index is 2.68. The molecule has 1 heterocycles. The summed E-state index contributed by atoms with van der Waals surface area (Å²) in [5.41, 5.74) is 0. The van der Waals surface area contributed by atoms with Gasteiger partial charge in [-0.2, -0.15) is 0 Å². The highest BCUT2D eigenvalue weighted by Gasteiger charge is 2.22. The van der Waals surface area contributed by atoms with Crippen molar-refractivity contribution in [1.82, 2.24) is 0 Å². The van der Waals surface area contributed by atoms with Gasteiger partial charge in [0.2, 0.25) is 0 Å². The van der Waals surface area contributed by atoms with Crippen LogP contribution in [-0.2, 0) is 28.7 Å². The van der Waals surface area contributed by atoms with Gasteiger partial charge < -0.3 is 9.47 Å². The second-order valence-corrected chi connectivity index (χ2v) is 2.37. The number of ether oxygens (including phenoxy) is 2. The second-order valence-electron chi connectivity index (χ2n) is 2.37. The minimum absolute atomic E-state index is 0.252. The summed E-state index contributed by atoms with van der Waals surface area (Å²) in [5, 5.41) is 0. The summed E-state index contributed by atoms with van der Waals surface area (Å²) in [4.78, 5) is 42.7. The predicted octanol–water partition coefficient (Wildman–Crippen LogP) is -0.690. The first kappa shape index (κ1) is 9.37. The smallest absolute Gasteiger partial charge is 0.324 e. The fourth-order valence-corrected chi connectivity index (χ4v) is 0.750. The number of esters is 4. The van der Waals surface area contributed by atoms with E-state index in [-0.39, 0.29) is 12.8 Å². The molecule has 1 aliphatic heterocycles. The molecule has 6 heteroatoms.